The lowest BCUT2D eigenvalue weighted by Gasteiger charge is -2.32. The van der Waals surface area contributed by atoms with Gasteiger partial charge in [-0.2, -0.15) is 0 Å². The van der Waals surface area contributed by atoms with Gasteiger partial charge in [-0.15, -0.1) is 10.2 Å². The van der Waals surface area contributed by atoms with Gasteiger partial charge in [0.1, 0.15) is 22.3 Å². The van der Waals surface area contributed by atoms with E-state index in [-0.39, 0.29) is 17.6 Å². The van der Waals surface area contributed by atoms with Crippen molar-refractivity contribution in [3.05, 3.63) is 58.9 Å². The number of aromatic nitrogens is 2. The van der Waals surface area contributed by atoms with E-state index in [2.05, 4.69) is 10.2 Å². The molecule has 30 heavy (non-hydrogen) atoms. The number of hydrogen-bond donors (Lipinski definition) is 0. The second-order valence-corrected chi connectivity index (χ2v) is 8.09. The zero-order valence-corrected chi connectivity index (χ0v) is 17.6. The standard InChI is InChI=1S/C22H22FN3O3S/c1-28-15-9-10-17(19(12-15)29-2)22(27)26-11-5-6-14(13-26)20-24-25-21(30-20)16-7-3-4-8-18(16)23/h3-4,7-10,12,14H,5-6,11,13H2,1-2H3. The van der Waals surface area contributed by atoms with Crippen molar-refractivity contribution in [1.82, 2.24) is 15.1 Å². The number of carbonyl (C=O) groups is 1. The first-order valence-electron chi connectivity index (χ1n) is 9.70. The van der Waals surface area contributed by atoms with Crippen LogP contribution in [-0.4, -0.2) is 48.3 Å². The Bertz CT molecular complexity index is 1060. The zero-order chi connectivity index (χ0) is 21.1. The van der Waals surface area contributed by atoms with Gasteiger partial charge >= 0.3 is 0 Å². The predicted molar refractivity (Wildman–Crippen MR) is 113 cm³/mol. The Labute approximate surface area is 178 Å². The maximum Gasteiger partial charge on any atom is 0.257 e. The fourth-order valence-corrected chi connectivity index (χ4v) is 4.65. The Hall–Kier alpha value is -3.00. The fourth-order valence-electron chi connectivity index (χ4n) is 3.65. The number of rotatable bonds is 5. The van der Waals surface area contributed by atoms with E-state index in [1.807, 2.05) is 4.90 Å². The summed E-state index contributed by atoms with van der Waals surface area (Å²) in [6.07, 6.45) is 1.78. The van der Waals surface area contributed by atoms with Gasteiger partial charge in [-0.05, 0) is 37.1 Å². The molecule has 0 saturated carbocycles. The Morgan fingerprint density at radius 2 is 2.00 bits per heavy atom. The van der Waals surface area contributed by atoms with Gasteiger partial charge in [-0.1, -0.05) is 23.5 Å². The van der Waals surface area contributed by atoms with Crippen molar-refractivity contribution in [1.29, 1.82) is 0 Å². The van der Waals surface area contributed by atoms with E-state index < -0.39 is 0 Å². The molecule has 1 amide bonds. The van der Waals surface area contributed by atoms with Gasteiger partial charge in [0.2, 0.25) is 0 Å². The molecule has 6 nitrogen and oxygen atoms in total. The van der Waals surface area contributed by atoms with Crippen LogP contribution in [0.5, 0.6) is 11.5 Å². The molecule has 156 valence electrons. The first-order valence-corrected chi connectivity index (χ1v) is 10.5. The van der Waals surface area contributed by atoms with Crippen molar-refractivity contribution >= 4 is 17.2 Å². The summed E-state index contributed by atoms with van der Waals surface area (Å²) in [7, 11) is 3.11. The lowest BCUT2D eigenvalue weighted by molar-refractivity contribution is 0.0703. The van der Waals surface area contributed by atoms with E-state index in [4.69, 9.17) is 9.47 Å². The number of likely N-dealkylation sites (tertiary alicyclic amines) is 1. The number of piperidine rings is 1. The lowest BCUT2D eigenvalue weighted by Crippen LogP contribution is -2.39. The largest absolute Gasteiger partial charge is 0.497 e. The summed E-state index contributed by atoms with van der Waals surface area (Å²) in [5.74, 6) is 0.795. The summed E-state index contributed by atoms with van der Waals surface area (Å²) >= 11 is 1.39. The minimum absolute atomic E-state index is 0.0740. The number of methoxy groups -OCH3 is 2. The zero-order valence-electron chi connectivity index (χ0n) is 16.8. The van der Waals surface area contributed by atoms with Crippen LogP contribution in [0.3, 0.4) is 0 Å². The van der Waals surface area contributed by atoms with Crippen molar-refractivity contribution < 1.29 is 18.7 Å². The number of amides is 1. The molecule has 1 unspecified atom stereocenters. The van der Waals surface area contributed by atoms with Gasteiger partial charge < -0.3 is 14.4 Å². The minimum Gasteiger partial charge on any atom is -0.497 e. The first-order chi connectivity index (χ1) is 14.6. The molecule has 0 aliphatic carbocycles. The molecule has 8 heteroatoms. The van der Waals surface area contributed by atoms with E-state index in [0.29, 0.717) is 40.7 Å². The third-order valence-electron chi connectivity index (χ3n) is 5.24. The van der Waals surface area contributed by atoms with E-state index in [9.17, 15) is 9.18 Å². The summed E-state index contributed by atoms with van der Waals surface area (Å²) in [6.45, 7) is 1.21. The number of carbonyl (C=O) groups excluding carboxylic acids is 1. The first kappa shape index (κ1) is 20.3. The van der Waals surface area contributed by atoms with Crippen molar-refractivity contribution in [2.75, 3.05) is 27.3 Å². The molecule has 1 aliphatic rings. The summed E-state index contributed by atoms with van der Waals surface area (Å²) < 4.78 is 24.7. The highest BCUT2D eigenvalue weighted by molar-refractivity contribution is 7.14. The molecule has 0 spiro atoms. The van der Waals surface area contributed by atoms with Crippen molar-refractivity contribution in [3.8, 4) is 22.1 Å². The van der Waals surface area contributed by atoms with E-state index >= 15 is 0 Å². The van der Waals surface area contributed by atoms with Crippen LogP contribution in [0, 0.1) is 5.82 Å². The van der Waals surface area contributed by atoms with E-state index in [1.54, 1.807) is 43.5 Å². The van der Waals surface area contributed by atoms with Crippen LogP contribution in [-0.2, 0) is 0 Å². The third kappa shape index (κ3) is 4.00. The van der Waals surface area contributed by atoms with Crippen LogP contribution in [0.1, 0.15) is 34.1 Å². The lowest BCUT2D eigenvalue weighted by atomic mass is 9.98. The number of benzene rings is 2. The second-order valence-electron chi connectivity index (χ2n) is 7.08. The Kier molecular flexibility index (Phi) is 5.94. The molecule has 0 radical (unpaired) electrons. The SMILES string of the molecule is COc1ccc(C(=O)N2CCCC(c3nnc(-c4ccccc4F)s3)C2)c(OC)c1. The van der Waals surface area contributed by atoms with Gasteiger partial charge in [-0.25, -0.2) is 4.39 Å². The molecule has 1 fully saturated rings. The van der Waals surface area contributed by atoms with Gasteiger partial charge in [0, 0.05) is 30.6 Å². The predicted octanol–water partition coefficient (Wildman–Crippen LogP) is 4.38. The highest BCUT2D eigenvalue weighted by Gasteiger charge is 2.29. The quantitative estimate of drug-likeness (QED) is 0.605. The molecule has 2 heterocycles. The van der Waals surface area contributed by atoms with E-state index in [1.165, 1.54) is 24.5 Å². The Morgan fingerprint density at radius 1 is 1.17 bits per heavy atom. The molecule has 0 bridgehead atoms. The summed E-state index contributed by atoms with van der Waals surface area (Å²) in [5, 5.41) is 9.88. The fraction of sp³-hybridized carbons (Fsp3) is 0.318. The maximum absolute atomic E-state index is 14.1. The highest BCUT2D eigenvalue weighted by atomic mass is 32.1. The number of halogens is 1. The molecule has 1 atom stereocenters. The molecule has 1 aromatic heterocycles. The summed E-state index contributed by atoms with van der Waals surface area (Å²) in [4.78, 5) is 15.0. The molecular weight excluding hydrogens is 405 g/mol. The molecule has 3 aromatic rings. The number of nitrogens with zero attached hydrogens (tertiary/aromatic N) is 3. The smallest absolute Gasteiger partial charge is 0.257 e. The third-order valence-corrected chi connectivity index (χ3v) is 6.36. The van der Waals surface area contributed by atoms with Crippen LogP contribution >= 0.6 is 11.3 Å². The summed E-state index contributed by atoms with van der Waals surface area (Å²) in [5.41, 5.74) is 0.955. The van der Waals surface area contributed by atoms with Gasteiger partial charge in [-0.3, -0.25) is 4.79 Å². The van der Waals surface area contributed by atoms with Crippen LogP contribution in [0.2, 0.25) is 0 Å². The topological polar surface area (TPSA) is 64.5 Å². The maximum atomic E-state index is 14.1. The van der Waals surface area contributed by atoms with Crippen LogP contribution in [0.25, 0.3) is 10.6 Å². The van der Waals surface area contributed by atoms with Crippen molar-refractivity contribution in [2.24, 2.45) is 0 Å². The van der Waals surface area contributed by atoms with Gasteiger partial charge in [0.15, 0.2) is 5.01 Å². The normalized spacial score (nSPS) is 16.4. The molecule has 1 saturated heterocycles. The molecule has 4 rings (SSSR count). The molecule has 0 N–H and O–H groups in total. The van der Waals surface area contributed by atoms with Crippen molar-refractivity contribution in [2.45, 2.75) is 18.8 Å². The molecular formula is C22H22FN3O3S. The second kappa shape index (κ2) is 8.79. The highest BCUT2D eigenvalue weighted by Crippen LogP contribution is 2.34. The summed E-state index contributed by atoms with van der Waals surface area (Å²) in [6, 6.07) is 11.7. The van der Waals surface area contributed by atoms with Crippen molar-refractivity contribution in [3.63, 3.8) is 0 Å². The van der Waals surface area contributed by atoms with E-state index in [0.717, 1.165) is 17.8 Å². The average molecular weight is 428 g/mol. The van der Waals surface area contributed by atoms with Crippen LogP contribution in [0.15, 0.2) is 42.5 Å². The van der Waals surface area contributed by atoms with Crippen LogP contribution < -0.4 is 9.47 Å². The molecule has 2 aromatic carbocycles. The minimum atomic E-state index is -0.313. The number of ether oxygens (including phenoxy) is 2. The van der Waals surface area contributed by atoms with Crippen LogP contribution in [0.4, 0.5) is 4.39 Å². The molecule has 1 aliphatic heterocycles. The Morgan fingerprint density at radius 3 is 2.77 bits per heavy atom. The monoisotopic (exact) mass is 427 g/mol. The van der Waals surface area contributed by atoms with Gasteiger partial charge in [0.25, 0.3) is 5.91 Å². The number of hydrogen-bond acceptors (Lipinski definition) is 6. The van der Waals surface area contributed by atoms with Gasteiger partial charge in [0.05, 0.1) is 19.8 Å². The Balaban J connectivity index is 1.53. The average Bonchev–Trinajstić information content (AvgIpc) is 3.28.